The Labute approximate surface area is 146 Å². The van der Waals surface area contributed by atoms with Crippen LogP contribution in [0.5, 0.6) is 5.75 Å². The quantitative estimate of drug-likeness (QED) is 0.775. The van der Waals surface area contributed by atoms with Crippen molar-refractivity contribution in [2.75, 3.05) is 18.1 Å². The minimum Gasteiger partial charge on any atom is -0.494 e. The SMILES string of the molecule is COc1cc2nc(-c3ccc(C)nc3)cc(C)c2cc1NS(C)(=O)=O. The summed E-state index contributed by atoms with van der Waals surface area (Å²) in [5, 5.41) is 0.857. The second-order valence-corrected chi connectivity index (χ2v) is 7.70. The van der Waals surface area contributed by atoms with Gasteiger partial charge in [0, 0.05) is 28.9 Å². The molecule has 0 fully saturated rings. The van der Waals surface area contributed by atoms with Gasteiger partial charge in [0.05, 0.1) is 30.3 Å². The predicted molar refractivity (Wildman–Crippen MR) is 99.5 cm³/mol. The molecule has 130 valence electrons. The third kappa shape index (κ3) is 3.71. The number of benzene rings is 1. The van der Waals surface area contributed by atoms with E-state index in [2.05, 4.69) is 14.7 Å². The molecule has 3 rings (SSSR count). The van der Waals surface area contributed by atoms with Crippen molar-refractivity contribution in [3.8, 4) is 17.0 Å². The van der Waals surface area contributed by atoms with Gasteiger partial charge < -0.3 is 4.74 Å². The summed E-state index contributed by atoms with van der Waals surface area (Å²) in [6, 6.07) is 9.37. The fourth-order valence-corrected chi connectivity index (χ4v) is 3.20. The number of pyridine rings is 2. The van der Waals surface area contributed by atoms with Crippen LogP contribution in [-0.2, 0) is 10.0 Å². The first-order valence-corrected chi connectivity index (χ1v) is 9.56. The standard InChI is InChI=1S/C18H19N3O3S/c1-11-7-15(13-6-5-12(2)19-10-13)20-16-9-18(24-3)17(8-14(11)16)21-25(4,22)23/h5-10,21H,1-4H3. The molecule has 25 heavy (non-hydrogen) atoms. The summed E-state index contributed by atoms with van der Waals surface area (Å²) < 4.78 is 30.9. The molecule has 1 N–H and O–H groups in total. The molecule has 1 aromatic carbocycles. The van der Waals surface area contributed by atoms with Crippen molar-refractivity contribution in [3.63, 3.8) is 0 Å². The number of aryl methyl sites for hydroxylation is 2. The van der Waals surface area contributed by atoms with Crippen LogP contribution in [0.1, 0.15) is 11.3 Å². The van der Waals surface area contributed by atoms with E-state index in [0.29, 0.717) is 11.4 Å². The zero-order valence-corrected chi connectivity index (χ0v) is 15.3. The van der Waals surface area contributed by atoms with Crippen molar-refractivity contribution >= 4 is 26.6 Å². The third-order valence-corrected chi connectivity index (χ3v) is 4.43. The monoisotopic (exact) mass is 357 g/mol. The van der Waals surface area contributed by atoms with E-state index in [1.54, 1.807) is 18.3 Å². The summed E-state index contributed by atoms with van der Waals surface area (Å²) >= 11 is 0. The van der Waals surface area contributed by atoms with Crippen LogP contribution in [-0.4, -0.2) is 31.8 Å². The molecule has 0 aliphatic carbocycles. The van der Waals surface area contributed by atoms with Gasteiger partial charge in [-0.15, -0.1) is 0 Å². The zero-order valence-electron chi connectivity index (χ0n) is 14.5. The molecule has 6 nitrogen and oxygen atoms in total. The van der Waals surface area contributed by atoms with E-state index in [4.69, 9.17) is 4.74 Å². The fraction of sp³-hybridized carbons (Fsp3) is 0.222. The average Bonchev–Trinajstić information content (AvgIpc) is 2.54. The van der Waals surface area contributed by atoms with Crippen LogP contribution in [0.2, 0.25) is 0 Å². The lowest BCUT2D eigenvalue weighted by molar-refractivity contribution is 0.417. The first-order chi connectivity index (χ1) is 11.8. The van der Waals surface area contributed by atoms with Crippen LogP contribution in [0.3, 0.4) is 0 Å². The minimum atomic E-state index is -3.41. The highest BCUT2D eigenvalue weighted by atomic mass is 32.2. The number of aromatic nitrogens is 2. The lowest BCUT2D eigenvalue weighted by atomic mass is 10.0. The molecular weight excluding hydrogens is 338 g/mol. The van der Waals surface area contributed by atoms with Gasteiger partial charge >= 0.3 is 0 Å². The van der Waals surface area contributed by atoms with Gasteiger partial charge in [0.15, 0.2) is 0 Å². The number of fused-ring (bicyclic) bond motifs is 1. The Kier molecular flexibility index (Phi) is 4.34. The molecule has 7 heteroatoms. The smallest absolute Gasteiger partial charge is 0.229 e. The van der Waals surface area contributed by atoms with Crippen molar-refractivity contribution < 1.29 is 13.2 Å². The molecule has 0 aliphatic heterocycles. The molecule has 0 aliphatic rings. The third-order valence-electron chi connectivity index (χ3n) is 3.84. The maximum Gasteiger partial charge on any atom is 0.229 e. The summed E-state index contributed by atoms with van der Waals surface area (Å²) in [5.74, 6) is 0.420. The Morgan fingerprint density at radius 3 is 2.48 bits per heavy atom. The lowest BCUT2D eigenvalue weighted by Gasteiger charge is -2.13. The molecule has 0 spiro atoms. The molecule has 0 unspecified atom stereocenters. The Hall–Kier alpha value is -2.67. The number of methoxy groups -OCH3 is 1. The molecule has 3 aromatic rings. The molecule has 0 saturated heterocycles. The summed E-state index contributed by atoms with van der Waals surface area (Å²) in [6.07, 6.45) is 2.90. The highest BCUT2D eigenvalue weighted by molar-refractivity contribution is 7.92. The van der Waals surface area contributed by atoms with E-state index in [0.717, 1.165) is 39.7 Å². The number of anilines is 1. The maximum absolute atomic E-state index is 11.6. The number of sulfonamides is 1. The van der Waals surface area contributed by atoms with Gasteiger partial charge in [-0.3, -0.25) is 9.71 Å². The highest BCUT2D eigenvalue weighted by Crippen LogP contribution is 2.33. The zero-order chi connectivity index (χ0) is 18.2. The number of nitrogens with one attached hydrogen (secondary N) is 1. The van der Waals surface area contributed by atoms with Crippen molar-refractivity contribution in [1.29, 1.82) is 0 Å². The molecule has 0 atom stereocenters. The summed E-state index contributed by atoms with van der Waals surface area (Å²) in [7, 11) is -1.91. The topological polar surface area (TPSA) is 81.2 Å². The van der Waals surface area contributed by atoms with Gasteiger partial charge in [-0.1, -0.05) is 0 Å². The predicted octanol–water partition coefficient (Wildman–Crippen LogP) is 3.29. The minimum absolute atomic E-state index is 0.396. The number of rotatable bonds is 4. The van der Waals surface area contributed by atoms with Crippen LogP contribution >= 0.6 is 0 Å². The van der Waals surface area contributed by atoms with Gasteiger partial charge in [-0.05, 0) is 43.7 Å². The van der Waals surface area contributed by atoms with Crippen molar-refractivity contribution in [2.24, 2.45) is 0 Å². The van der Waals surface area contributed by atoms with E-state index in [1.807, 2.05) is 32.0 Å². The number of ether oxygens (including phenoxy) is 1. The van der Waals surface area contributed by atoms with Crippen LogP contribution in [0.25, 0.3) is 22.2 Å². The molecule has 0 radical (unpaired) electrons. The molecule has 0 bridgehead atoms. The van der Waals surface area contributed by atoms with Crippen molar-refractivity contribution in [1.82, 2.24) is 9.97 Å². The Morgan fingerprint density at radius 1 is 1.12 bits per heavy atom. The number of hydrogen-bond donors (Lipinski definition) is 1. The number of nitrogens with zero attached hydrogens (tertiary/aromatic N) is 2. The van der Waals surface area contributed by atoms with Crippen LogP contribution in [0.4, 0.5) is 5.69 Å². The van der Waals surface area contributed by atoms with E-state index in [9.17, 15) is 8.42 Å². The van der Waals surface area contributed by atoms with E-state index in [-0.39, 0.29) is 0 Å². The lowest BCUT2D eigenvalue weighted by Crippen LogP contribution is -2.10. The Morgan fingerprint density at radius 2 is 1.88 bits per heavy atom. The molecule has 0 amide bonds. The van der Waals surface area contributed by atoms with Crippen molar-refractivity contribution in [2.45, 2.75) is 13.8 Å². The maximum atomic E-state index is 11.6. The highest BCUT2D eigenvalue weighted by Gasteiger charge is 2.13. The van der Waals surface area contributed by atoms with Gasteiger partial charge in [0.2, 0.25) is 10.0 Å². The van der Waals surface area contributed by atoms with Crippen LogP contribution < -0.4 is 9.46 Å². The fourth-order valence-electron chi connectivity index (χ4n) is 2.64. The van der Waals surface area contributed by atoms with Gasteiger partial charge in [0.25, 0.3) is 0 Å². The first-order valence-electron chi connectivity index (χ1n) is 7.67. The molecule has 2 aromatic heterocycles. The largest absolute Gasteiger partial charge is 0.494 e. The number of hydrogen-bond acceptors (Lipinski definition) is 5. The Balaban J connectivity index is 2.18. The summed E-state index contributed by atoms with van der Waals surface area (Å²) in [6.45, 7) is 3.90. The second-order valence-electron chi connectivity index (χ2n) is 5.96. The molecule has 0 saturated carbocycles. The van der Waals surface area contributed by atoms with Crippen LogP contribution in [0, 0.1) is 13.8 Å². The van der Waals surface area contributed by atoms with Crippen LogP contribution in [0.15, 0.2) is 36.5 Å². The molecule has 2 heterocycles. The summed E-state index contributed by atoms with van der Waals surface area (Å²) in [5.41, 5.74) is 4.79. The van der Waals surface area contributed by atoms with Gasteiger partial charge in [0.1, 0.15) is 5.75 Å². The van der Waals surface area contributed by atoms with Gasteiger partial charge in [-0.25, -0.2) is 13.4 Å². The molecular formula is C18H19N3O3S. The average molecular weight is 357 g/mol. The first kappa shape index (κ1) is 17.2. The Bertz CT molecular complexity index is 1050. The van der Waals surface area contributed by atoms with Crippen molar-refractivity contribution in [3.05, 3.63) is 47.8 Å². The van der Waals surface area contributed by atoms with E-state index < -0.39 is 10.0 Å². The summed E-state index contributed by atoms with van der Waals surface area (Å²) in [4.78, 5) is 9.00. The van der Waals surface area contributed by atoms with E-state index >= 15 is 0 Å². The normalized spacial score (nSPS) is 11.5. The second kappa shape index (κ2) is 6.33. The van der Waals surface area contributed by atoms with Gasteiger partial charge in [-0.2, -0.15) is 0 Å². The van der Waals surface area contributed by atoms with E-state index in [1.165, 1.54) is 7.11 Å².